The van der Waals surface area contributed by atoms with Crippen LogP contribution in [-0.4, -0.2) is 0 Å². The molecule has 2 aromatic rings. The van der Waals surface area contributed by atoms with Crippen LogP contribution >= 0.6 is 23.2 Å². The Balaban J connectivity index is 2.67. The van der Waals surface area contributed by atoms with Crippen molar-refractivity contribution in [3.05, 3.63) is 58.1 Å². The predicted molar refractivity (Wildman–Crippen MR) is 71.3 cm³/mol. The molecule has 0 aromatic heterocycles. The standard InChI is InChI=1S/C14H12Cl2/c1-2-10-6-3-4-7-11(10)14-12(15)8-5-9-13(14)16/h3-9H,2H2,1H3. The molecular weight excluding hydrogens is 239 g/mol. The predicted octanol–water partition coefficient (Wildman–Crippen LogP) is 5.22. The minimum Gasteiger partial charge on any atom is -0.0836 e. The van der Waals surface area contributed by atoms with Gasteiger partial charge in [-0.1, -0.05) is 60.5 Å². The van der Waals surface area contributed by atoms with Crippen molar-refractivity contribution < 1.29 is 0 Å². The van der Waals surface area contributed by atoms with Crippen LogP contribution in [0.5, 0.6) is 0 Å². The summed E-state index contributed by atoms with van der Waals surface area (Å²) in [6.45, 7) is 2.13. The third-order valence-corrected chi connectivity index (χ3v) is 3.26. The Morgan fingerprint density at radius 3 is 2.12 bits per heavy atom. The first-order valence-corrected chi connectivity index (χ1v) is 6.02. The van der Waals surface area contributed by atoms with Gasteiger partial charge in [0, 0.05) is 15.6 Å². The highest BCUT2D eigenvalue weighted by Crippen LogP contribution is 2.36. The zero-order valence-electron chi connectivity index (χ0n) is 9.00. The van der Waals surface area contributed by atoms with E-state index >= 15 is 0 Å². The second kappa shape index (κ2) is 4.90. The molecule has 0 spiro atoms. The Bertz CT molecular complexity index is 484. The third kappa shape index (κ3) is 2.09. The van der Waals surface area contributed by atoms with Crippen molar-refractivity contribution in [3.63, 3.8) is 0 Å². The van der Waals surface area contributed by atoms with Crippen LogP contribution in [0.4, 0.5) is 0 Å². The molecule has 0 aliphatic carbocycles. The molecule has 0 amide bonds. The van der Waals surface area contributed by atoms with Crippen LogP contribution in [0.25, 0.3) is 11.1 Å². The fourth-order valence-corrected chi connectivity index (χ4v) is 2.43. The quantitative estimate of drug-likeness (QED) is 0.686. The van der Waals surface area contributed by atoms with Gasteiger partial charge in [-0.25, -0.2) is 0 Å². The van der Waals surface area contributed by atoms with Crippen LogP contribution in [0.1, 0.15) is 12.5 Å². The van der Waals surface area contributed by atoms with Crippen molar-refractivity contribution in [1.29, 1.82) is 0 Å². The molecule has 0 saturated heterocycles. The summed E-state index contributed by atoms with van der Waals surface area (Å²) in [6, 6.07) is 13.8. The van der Waals surface area contributed by atoms with Crippen LogP contribution < -0.4 is 0 Å². The molecule has 2 aromatic carbocycles. The van der Waals surface area contributed by atoms with E-state index in [1.165, 1.54) is 5.56 Å². The molecule has 0 unspecified atom stereocenters. The summed E-state index contributed by atoms with van der Waals surface area (Å²) in [5, 5.41) is 1.40. The Morgan fingerprint density at radius 1 is 0.875 bits per heavy atom. The number of hydrogen-bond acceptors (Lipinski definition) is 0. The Hall–Kier alpha value is -0.980. The zero-order valence-corrected chi connectivity index (χ0v) is 10.5. The SMILES string of the molecule is CCc1ccccc1-c1c(Cl)cccc1Cl. The Labute approximate surface area is 106 Å². The summed E-state index contributed by atoms with van der Waals surface area (Å²) in [5.41, 5.74) is 3.32. The lowest BCUT2D eigenvalue weighted by atomic mass is 9.98. The van der Waals surface area contributed by atoms with Gasteiger partial charge in [0.05, 0.1) is 0 Å². The van der Waals surface area contributed by atoms with Gasteiger partial charge in [0.2, 0.25) is 0 Å². The number of rotatable bonds is 2. The van der Waals surface area contributed by atoms with E-state index in [0.29, 0.717) is 10.0 Å². The van der Waals surface area contributed by atoms with E-state index in [0.717, 1.165) is 17.5 Å². The van der Waals surface area contributed by atoms with E-state index < -0.39 is 0 Å². The minimum atomic E-state index is 0.702. The minimum absolute atomic E-state index is 0.702. The maximum atomic E-state index is 6.21. The van der Waals surface area contributed by atoms with Crippen LogP contribution in [0.3, 0.4) is 0 Å². The number of aryl methyl sites for hydroxylation is 1. The maximum Gasteiger partial charge on any atom is 0.0499 e. The molecular formula is C14H12Cl2. The van der Waals surface area contributed by atoms with Crippen LogP contribution in [0.15, 0.2) is 42.5 Å². The van der Waals surface area contributed by atoms with Crippen LogP contribution in [0, 0.1) is 0 Å². The highest BCUT2D eigenvalue weighted by Gasteiger charge is 2.10. The average Bonchev–Trinajstić information content (AvgIpc) is 2.29. The van der Waals surface area contributed by atoms with Crippen LogP contribution in [-0.2, 0) is 6.42 Å². The van der Waals surface area contributed by atoms with Gasteiger partial charge >= 0.3 is 0 Å². The summed E-state index contributed by atoms with van der Waals surface area (Å²) in [7, 11) is 0. The maximum absolute atomic E-state index is 6.21. The number of halogens is 2. The van der Waals surface area contributed by atoms with E-state index in [9.17, 15) is 0 Å². The van der Waals surface area contributed by atoms with Gasteiger partial charge in [-0.2, -0.15) is 0 Å². The van der Waals surface area contributed by atoms with Crippen molar-refractivity contribution in [2.24, 2.45) is 0 Å². The molecule has 16 heavy (non-hydrogen) atoms. The van der Waals surface area contributed by atoms with E-state index in [1.54, 1.807) is 0 Å². The summed E-state index contributed by atoms with van der Waals surface area (Å²) in [6.07, 6.45) is 0.970. The smallest absolute Gasteiger partial charge is 0.0499 e. The molecule has 0 aliphatic heterocycles. The molecule has 2 rings (SSSR count). The first-order valence-electron chi connectivity index (χ1n) is 5.26. The van der Waals surface area contributed by atoms with Crippen molar-refractivity contribution in [1.82, 2.24) is 0 Å². The van der Waals surface area contributed by atoms with E-state index in [-0.39, 0.29) is 0 Å². The fraction of sp³-hybridized carbons (Fsp3) is 0.143. The molecule has 0 heterocycles. The summed E-state index contributed by atoms with van der Waals surface area (Å²) in [4.78, 5) is 0. The third-order valence-electron chi connectivity index (χ3n) is 2.63. The van der Waals surface area contributed by atoms with E-state index in [4.69, 9.17) is 23.2 Å². The Kier molecular flexibility index (Phi) is 3.52. The monoisotopic (exact) mass is 250 g/mol. The summed E-state index contributed by atoms with van der Waals surface area (Å²) in [5.74, 6) is 0. The largest absolute Gasteiger partial charge is 0.0836 e. The second-order valence-corrected chi connectivity index (χ2v) is 4.42. The Morgan fingerprint density at radius 2 is 1.50 bits per heavy atom. The lowest BCUT2D eigenvalue weighted by molar-refractivity contribution is 1.14. The molecule has 0 aliphatic rings. The molecule has 0 radical (unpaired) electrons. The molecule has 0 nitrogen and oxygen atoms in total. The average molecular weight is 251 g/mol. The van der Waals surface area contributed by atoms with Crippen molar-refractivity contribution in [3.8, 4) is 11.1 Å². The molecule has 82 valence electrons. The first kappa shape index (κ1) is 11.5. The van der Waals surface area contributed by atoms with Gasteiger partial charge in [-0.05, 0) is 29.7 Å². The van der Waals surface area contributed by atoms with Gasteiger partial charge in [0.15, 0.2) is 0 Å². The van der Waals surface area contributed by atoms with Gasteiger partial charge in [-0.3, -0.25) is 0 Å². The lowest BCUT2D eigenvalue weighted by Gasteiger charge is -2.11. The zero-order chi connectivity index (χ0) is 11.5. The normalized spacial score (nSPS) is 10.4. The topological polar surface area (TPSA) is 0 Å². The van der Waals surface area contributed by atoms with Crippen molar-refractivity contribution in [2.45, 2.75) is 13.3 Å². The first-order chi connectivity index (χ1) is 7.74. The van der Waals surface area contributed by atoms with Crippen molar-refractivity contribution >= 4 is 23.2 Å². The molecule has 0 atom stereocenters. The molecule has 0 N–H and O–H groups in total. The molecule has 2 heteroatoms. The summed E-state index contributed by atoms with van der Waals surface area (Å²) >= 11 is 12.4. The highest BCUT2D eigenvalue weighted by atomic mass is 35.5. The van der Waals surface area contributed by atoms with E-state index in [1.807, 2.05) is 30.3 Å². The van der Waals surface area contributed by atoms with Gasteiger partial charge in [0.1, 0.15) is 0 Å². The lowest BCUT2D eigenvalue weighted by Crippen LogP contribution is -1.88. The van der Waals surface area contributed by atoms with E-state index in [2.05, 4.69) is 19.1 Å². The van der Waals surface area contributed by atoms with Gasteiger partial charge < -0.3 is 0 Å². The molecule has 0 fully saturated rings. The molecule has 0 saturated carbocycles. The van der Waals surface area contributed by atoms with Crippen LogP contribution in [0.2, 0.25) is 10.0 Å². The summed E-state index contributed by atoms with van der Waals surface area (Å²) < 4.78 is 0. The van der Waals surface area contributed by atoms with Crippen molar-refractivity contribution in [2.75, 3.05) is 0 Å². The fourth-order valence-electron chi connectivity index (χ4n) is 1.83. The van der Waals surface area contributed by atoms with Gasteiger partial charge in [0.25, 0.3) is 0 Å². The highest BCUT2D eigenvalue weighted by molar-refractivity contribution is 6.39. The second-order valence-electron chi connectivity index (χ2n) is 3.61. The number of benzene rings is 2. The van der Waals surface area contributed by atoms with Gasteiger partial charge in [-0.15, -0.1) is 0 Å². The molecule has 0 bridgehead atoms. The number of hydrogen-bond donors (Lipinski definition) is 0.